The van der Waals surface area contributed by atoms with Crippen LogP contribution in [0.15, 0.2) is 30.3 Å². The lowest BCUT2D eigenvalue weighted by atomic mass is 10.1. The number of halogens is 3. The number of aryl methyl sites for hydroxylation is 1. The van der Waals surface area contributed by atoms with Crippen molar-refractivity contribution in [2.24, 2.45) is 0 Å². The summed E-state index contributed by atoms with van der Waals surface area (Å²) in [6.07, 6.45) is 0. The van der Waals surface area contributed by atoms with Crippen molar-refractivity contribution < 1.29 is 37.4 Å². The fraction of sp³-hybridized carbons (Fsp3) is 0.167. The van der Waals surface area contributed by atoms with Gasteiger partial charge in [-0.15, -0.1) is 0 Å². The summed E-state index contributed by atoms with van der Waals surface area (Å²) in [4.78, 5) is 35.1. The summed E-state index contributed by atoms with van der Waals surface area (Å²) in [6, 6.07) is 5.70. The Hall–Kier alpha value is -3.56. The summed E-state index contributed by atoms with van der Waals surface area (Å²) in [5.74, 6) is -7.74. The quantitative estimate of drug-likeness (QED) is 0.512. The first-order valence-electron chi connectivity index (χ1n) is 7.86. The summed E-state index contributed by atoms with van der Waals surface area (Å²) >= 11 is 0. The minimum atomic E-state index is -1.74. The summed E-state index contributed by atoms with van der Waals surface area (Å²) in [6.45, 7) is 0.336. The lowest BCUT2D eigenvalue weighted by molar-refractivity contribution is -0.126. The van der Waals surface area contributed by atoms with Crippen molar-refractivity contribution in [3.63, 3.8) is 0 Å². The van der Waals surface area contributed by atoms with E-state index < -0.39 is 54.1 Å². The molecule has 0 radical (unpaired) electrons. The van der Waals surface area contributed by atoms with E-state index in [0.29, 0.717) is 6.07 Å². The van der Waals surface area contributed by atoms with E-state index in [9.17, 15) is 32.7 Å². The average Bonchev–Trinajstić information content (AvgIpc) is 2.65. The highest BCUT2D eigenvalue weighted by molar-refractivity contribution is 5.96. The minimum Gasteiger partial charge on any atom is -0.507 e. The number of esters is 1. The van der Waals surface area contributed by atoms with Crippen LogP contribution in [0.4, 0.5) is 18.9 Å². The minimum absolute atomic E-state index is 0.134. The van der Waals surface area contributed by atoms with Crippen LogP contribution in [0.3, 0.4) is 0 Å². The molecule has 0 fully saturated rings. The molecule has 2 aromatic rings. The van der Waals surface area contributed by atoms with Crippen molar-refractivity contribution in [3.8, 4) is 5.75 Å². The topological polar surface area (TPSA) is 105 Å². The van der Waals surface area contributed by atoms with Crippen LogP contribution in [-0.2, 0) is 14.3 Å². The Bertz CT molecular complexity index is 934. The van der Waals surface area contributed by atoms with E-state index in [1.54, 1.807) is 13.0 Å². The highest BCUT2D eigenvalue weighted by Crippen LogP contribution is 2.20. The third-order valence-electron chi connectivity index (χ3n) is 3.46. The van der Waals surface area contributed by atoms with Crippen LogP contribution in [0.1, 0.15) is 15.9 Å². The van der Waals surface area contributed by atoms with Crippen LogP contribution in [0.5, 0.6) is 5.75 Å². The predicted octanol–water partition coefficient (Wildman–Crippen LogP) is 2.03. The van der Waals surface area contributed by atoms with Crippen molar-refractivity contribution in [2.45, 2.75) is 6.92 Å². The maximum absolute atomic E-state index is 13.5. The van der Waals surface area contributed by atoms with Gasteiger partial charge in [-0.25, -0.2) is 18.0 Å². The third-order valence-corrected chi connectivity index (χ3v) is 3.46. The molecule has 3 N–H and O–H groups in total. The molecule has 0 spiro atoms. The van der Waals surface area contributed by atoms with Crippen molar-refractivity contribution in [3.05, 3.63) is 58.9 Å². The standard InChI is InChI=1S/C18H15F3N2O5/c1-9-2-3-10(13(24)6-9)18(27)28-8-15(26)22-7-14(25)23-12-5-4-11(19)16(20)17(12)21/h2-6,24H,7-8H2,1H3,(H,22,26)(H,23,25). The van der Waals surface area contributed by atoms with E-state index in [-0.39, 0.29) is 11.3 Å². The van der Waals surface area contributed by atoms with Gasteiger partial charge in [0.05, 0.1) is 12.2 Å². The predicted molar refractivity (Wildman–Crippen MR) is 91.1 cm³/mol. The van der Waals surface area contributed by atoms with E-state index in [4.69, 9.17) is 4.74 Å². The number of phenols is 1. The van der Waals surface area contributed by atoms with Crippen molar-refractivity contribution >= 4 is 23.5 Å². The van der Waals surface area contributed by atoms with Gasteiger partial charge >= 0.3 is 5.97 Å². The van der Waals surface area contributed by atoms with E-state index in [1.807, 2.05) is 5.32 Å². The zero-order valence-electron chi connectivity index (χ0n) is 14.5. The molecule has 2 aromatic carbocycles. The van der Waals surface area contributed by atoms with Gasteiger partial charge in [-0.3, -0.25) is 9.59 Å². The Morgan fingerprint density at radius 2 is 1.75 bits per heavy atom. The van der Waals surface area contributed by atoms with Gasteiger partial charge in [0.15, 0.2) is 24.1 Å². The zero-order chi connectivity index (χ0) is 20.8. The molecule has 0 aliphatic rings. The molecule has 0 saturated carbocycles. The molecule has 2 amide bonds. The molecule has 7 nitrogen and oxygen atoms in total. The molecule has 0 saturated heterocycles. The van der Waals surface area contributed by atoms with Crippen LogP contribution in [0.25, 0.3) is 0 Å². The second-order valence-corrected chi connectivity index (χ2v) is 5.64. The number of hydrogen-bond acceptors (Lipinski definition) is 5. The number of nitrogens with one attached hydrogen (secondary N) is 2. The summed E-state index contributed by atoms with van der Waals surface area (Å²) in [5, 5.41) is 13.7. The monoisotopic (exact) mass is 396 g/mol. The lowest BCUT2D eigenvalue weighted by Crippen LogP contribution is -2.35. The van der Waals surface area contributed by atoms with Crippen LogP contribution in [0.2, 0.25) is 0 Å². The number of hydrogen-bond donors (Lipinski definition) is 3. The van der Waals surface area contributed by atoms with E-state index in [1.165, 1.54) is 12.1 Å². The number of phenolic OH excluding ortho intramolecular Hbond substituents is 1. The fourth-order valence-electron chi connectivity index (χ4n) is 2.07. The molecule has 0 heterocycles. The van der Waals surface area contributed by atoms with Gasteiger partial charge in [-0.2, -0.15) is 0 Å². The average molecular weight is 396 g/mol. The van der Waals surface area contributed by atoms with Crippen molar-refractivity contribution in [1.29, 1.82) is 0 Å². The highest BCUT2D eigenvalue weighted by atomic mass is 19.2. The first kappa shape index (κ1) is 20.7. The van der Waals surface area contributed by atoms with Gasteiger partial charge in [-0.1, -0.05) is 6.07 Å². The Labute approximate surface area is 157 Å². The number of carbonyl (C=O) groups is 3. The van der Waals surface area contributed by atoms with Gasteiger partial charge in [0, 0.05) is 0 Å². The Balaban J connectivity index is 1.81. The van der Waals surface area contributed by atoms with E-state index in [0.717, 1.165) is 11.6 Å². The molecule has 0 bridgehead atoms. The Kier molecular flexibility index (Phi) is 6.59. The Morgan fingerprint density at radius 1 is 1.04 bits per heavy atom. The molecule has 0 unspecified atom stereocenters. The molecule has 0 aromatic heterocycles. The third kappa shape index (κ3) is 5.22. The molecule has 2 rings (SSSR count). The molecular weight excluding hydrogens is 381 g/mol. The second-order valence-electron chi connectivity index (χ2n) is 5.64. The maximum Gasteiger partial charge on any atom is 0.342 e. The lowest BCUT2D eigenvalue weighted by Gasteiger charge is -2.09. The van der Waals surface area contributed by atoms with Gasteiger partial charge in [-0.05, 0) is 36.8 Å². The molecule has 10 heteroatoms. The smallest absolute Gasteiger partial charge is 0.342 e. The van der Waals surface area contributed by atoms with E-state index in [2.05, 4.69) is 5.32 Å². The van der Waals surface area contributed by atoms with Crippen LogP contribution in [0, 0.1) is 24.4 Å². The van der Waals surface area contributed by atoms with Gasteiger partial charge in [0.1, 0.15) is 11.3 Å². The number of benzene rings is 2. The van der Waals surface area contributed by atoms with Crippen LogP contribution in [-0.4, -0.2) is 36.0 Å². The number of amides is 2. The Morgan fingerprint density at radius 3 is 2.43 bits per heavy atom. The molecule has 0 atom stereocenters. The SMILES string of the molecule is Cc1ccc(C(=O)OCC(=O)NCC(=O)Nc2ccc(F)c(F)c2F)c(O)c1. The number of carbonyl (C=O) groups excluding carboxylic acids is 3. The molecule has 0 aliphatic carbocycles. The number of ether oxygens (including phenoxy) is 1. The summed E-state index contributed by atoms with van der Waals surface area (Å²) in [5.41, 5.74) is -0.0142. The number of aromatic hydroxyl groups is 1. The van der Waals surface area contributed by atoms with E-state index >= 15 is 0 Å². The highest BCUT2D eigenvalue weighted by Gasteiger charge is 2.17. The normalized spacial score (nSPS) is 10.3. The second kappa shape index (κ2) is 8.89. The number of anilines is 1. The first-order valence-corrected chi connectivity index (χ1v) is 7.86. The largest absolute Gasteiger partial charge is 0.507 e. The van der Waals surface area contributed by atoms with Crippen molar-refractivity contribution in [1.82, 2.24) is 5.32 Å². The van der Waals surface area contributed by atoms with Crippen LogP contribution >= 0.6 is 0 Å². The van der Waals surface area contributed by atoms with Gasteiger partial charge in [0.2, 0.25) is 5.91 Å². The molecule has 148 valence electrons. The van der Waals surface area contributed by atoms with Gasteiger partial charge in [0.25, 0.3) is 5.91 Å². The van der Waals surface area contributed by atoms with Crippen LogP contribution < -0.4 is 10.6 Å². The number of rotatable bonds is 6. The van der Waals surface area contributed by atoms with Crippen molar-refractivity contribution in [2.75, 3.05) is 18.5 Å². The summed E-state index contributed by atoms with van der Waals surface area (Å²) < 4.78 is 44.1. The first-order chi connectivity index (χ1) is 13.2. The zero-order valence-corrected chi connectivity index (χ0v) is 14.5. The fourth-order valence-corrected chi connectivity index (χ4v) is 2.07. The molecule has 0 aliphatic heterocycles. The summed E-state index contributed by atoms with van der Waals surface area (Å²) in [7, 11) is 0. The maximum atomic E-state index is 13.5. The van der Waals surface area contributed by atoms with Gasteiger partial charge < -0.3 is 20.5 Å². The molecular formula is C18H15F3N2O5. The molecule has 28 heavy (non-hydrogen) atoms.